The van der Waals surface area contributed by atoms with Crippen LogP contribution in [0.25, 0.3) is 17.0 Å². The molecule has 1 spiro atoms. The molecule has 1 aromatic carbocycles. The summed E-state index contributed by atoms with van der Waals surface area (Å²) in [6.07, 6.45) is 12.9. The molecule has 21 heavy (non-hydrogen) atoms. The van der Waals surface area contributed by atoms with E-state index in [1.54, 1.807) is 13.4 Å². The van der Waals surface area contributed by atoms with Gasteiger partial charge in [0.1, 0.15) is 5.75 Å². The van der Waals surface area contributed by atoms with Crippen molar-refractivity contribution in [3.63, 3.8) is 0 Å². The van der Waals surface area contributed by atoms with Gasteiger partial charge in [0.2, 0.25) is 0 Å². The summed E-state index contributed by atoms with van der Waals surface area (Å²) in [5.41, 5.74) is 2.90. The predicted molar refractivity (Wildman–Crippen MR) is 87.2 cm³/mol. The SMILES string of the molecule is COc1cc(Br)c2[nH]c3c(c2c1)C1(C=CC=CO1)CC=C3. The number of nitrogens with one attached hydrogen (secondary N) is 1. The number of ether oxygens (including phenoxy) is 2. The molecule has 4 rings (SSSR count). The van der Waals surface area contributed by atoms with Crippen molar-refractivity contribution in [2.45, 2.75) is 12.0 Å². The maximum atomic E-state index is 6.02. The Morgan fingerprint density at radius 1 is 1.33 bits per heavy atom. The van der Waals surface area contributed by atoms with Gasteiger partial charge in [-0.15, -0.1) is 0 Å². The number of halogens is 1. The zero-order valence-electron chi connectivity index (χ0n) is 11.5. The van der Waals surface area contributed by atoms with E-state index < -0.39 is 5.60 Å². The summed E-state index contributed by atoms with van der Waals surface area (Å²) < 4.78 is 12.4. The first-order valence-electron chi connectivity index (χ1n) is 6.82. The van der Waals surface area contributed by atoms with Crippen molar-refractivity contribution in [3.05, 3.63) is 58.4 Å². The smallest absolute Gasteiger partial charge is 0.158 e. The molecule has 0 amide bonds. The monoisotopic (exact) mass is 343 g/mol. The Kier molecular flexibility index (Phi) is 2.76. The third kappa shape index (κ3) is 1.79. The normalized spacial score (nSPS) is 22.6. The molecule has 3 nitrogen and oxygen atoms in total. The van der Waals surface area contributed by atoms with Crippen LogP contribution in [0.3, 0.4) is 0 Å². The molecule has 0 bridgehead atoms. The minimum atomic E-state index is -0.428. The Morgan fingerprint density at radius 2 is 2.24 bits per heavy atom. The lowest BCUT2D eigenvalue weighted by atomic mass is 9.83. The van der Waals surface area contributed by atoms with Gasteiger partial charge in [-0.05, 0) is 46.3 Å². The zero-order valence-corrected chi connectivity index (χ0v) is 13.1. The standard InChI is InChI=1S/C17H14BrNO2/c1-20-11-9-12-15-14(19-16(12)13(18)10-11)5-4-7-17(15)6-2-3-8-21-17/h2-6,8-10,19H,7H2,1H3. The van der Waals surface area contributed by atoms with E-state index in [9.17, 15) is 0 Å². The van der Waals surface area contributed by atoms with Gasteiger partial charge in [-0.25, -0.2) is 0 Å². The second kappa shape index (κ2) is 4.53. The molecule has 1 aliphatic carbocycles. The Morgan fingerprint density at radius 3 is 3.00 bits per heavy atom. The second-order valence-electron chi connectivity index (χ2n) is 5.25. The van der Waals surface area contributed by atoms with Crippen LogP contribution in [0, 0.1) is 0 Å². The minimum absolute atomic E-state index is 0.428. The minimum Gasteiger partial charge on any atom is -0.497 e. The van der Waals surface area contributed by atoms with E-state index in [1.165, 1.54) is 5.56 Å². The van der Waals surface area contributed by atoms with Crippen molar-refractivity contribution < 1.29 is 9.47 Å². The first-order valence-corrected chi connectivity index (χ1v) is 7.61. The average molecular weight is 344 g/mol. The van der Waals surface area contributed by atoms with Gasteiger partial charge >= 0.3 is 0 Å². The van der Waals surface area contributed by atoms with Crippen LogP contribution in [0.1, 0.15) is 17.7 Å². The number of H-pyrrole nitrogens is 1. The fraction of sp³-hybridized carbons (Fsp3) is 0.176. The lowest BCUT2D eigenvalue weighted by Gasteiger charge is -2.33. The van der Waals surface area contributed by atoms with Crippen molar-refractivity contribution in [2.24, 2.45) is 0 Å². The van der Waals surface area contributed by atoms with Crippen LogP contribution in [0.4, 0.5) is 0 Å². The Balaban J connectivity index is 2.06. The number of hydrogen-bond acceptors (Lipinski definition) is 2. The highest BCUT2D eigenvalue weighted by molar-refractivity contribution is 9.10. The number of hydrogen-bond donors (Lipinski definition) is 1. The van der Waals surface area contributed by atoms with E-state index in [1.807, 2.05) is 18.2 Å². The molecule has 1 aliphatic heterocycles. The molecule has 1 aromatic heterocycles. The molecule has 0 saturated heterocycles. The third-order valence-corrected chi connectivity index (χ3v) is 4.69. The molecule has 4 heteroatoms. The average Bonchev–Trinajstić information content (AvgIpc) is 2.89. The lowest BCUT2D eigenvalue weighted by molar-refractivity contribution is 0.0655. The van der Waals surface area contributed by atoms with Crippen LogP contribution in [0.15, 0.2) is 47.2 Å². The van der Waals surface area contributed by atoms with E-state index in [4.69, 9.17) is 9.47 Å². The zero-order chi connectivity index (χ0) is 14.4. The fourth-order valence-corrected chi connectivity index (χ4v) is 3.65. The molecule has 1 unspecified atom stereocenters. The van der Waals surface area contributed by atoms with Gasteiger partial charge in [0, 0.05) is 27.5 Å². The molecule has 2 aromatic rings. The van der Waals surface area contributed by atoms with Gasteiger partial charge in [0.25, 0.3) is 0 Å². The first kappa shape index (κ1) is 12.8. The van der Waals surface area contributed by atoms with Crippen molar-refractivity contribution in [1.82, 2.24) is 4.98 Å². The summed E-state index contributed by atoms with van der Waals surface area (Å²) in [6, 6.07) is 4.03. The molecule has 106 valence electrons. The van der Waals surface area contributed by atoms with Crippen molar-refractivity contribution in [3.8, 4) is 5.75 Å². The Hall–Kier alpha value is -1.94. The highest BCUT2D eigenvalue weighted by Crippen LogP contribution is 2.45. The topological polar surface area (TPSA) is 34.2 Å². The summed E-state index contributed by atoms with van der Waals surface area (Å²) >= 11 is 3.62. The van der Waals surface area contributed by atoms with Crippen LogP contribution in [0.2, 0.25) is 0 Å². The summed E-state index contributed by atoms with van der Waals surface area (Å²) in [6.45, 7) is 0. The van der Waals surface area contributed by atoms with Crippen LogP contribution >= 0.6 is 15.9 Å². The fourth-order valence-electron chi connectivity index (χ4n) is 3.12. The van der Waals surface area contributed by atoms with E-state index in [0.29, 0.717) is 0 Å². The summed E-state index contributed by atoms with van der Waals surface area (Å²) in [4.78, 5) is 3.48. The van der Waals surface area contributed by atoms with Crippen LogP contribution in [-0.2, 0) is 10.3 Å². The molecule has 2 heterocycles. The van der Waals surface area contributed by atoms with Crippen LogP contribution in [-0.4, -0.2) is 12.1 Å². The quantitative estimate of drug-likeness (QED) is 0.817. The molecule has 2 aliphatic rings. The largest absolute Gasteiger partial charge is 0.497 e. The van der Waals surface area contributed by atoms with E-state index >= 15 is 0 Å². The molecular weight excluding hydrogens is 330 g/mol. The lowest BCUT2D eigenvalue weighted by Crippen LogP contribution is -2.28. The third-order valence-electron chi connectivity index (χ3n) is 4.06. The molecule has 0 saturated carbocycles. The van der Waals surface area contributed by atoms with Gasteiger partial charge in [0.15, 0.2) is 5.60 Å². The number of aromatic nitrogens is 1. The van der Waals surface area contributed by atoms with E-state index in [2.05, 4.69) is 45.2 Å². The van der Waals surface area contributed by atoms with Gasteiger partial charge in [0.05, 0.1) is 18.9 Å². The van der Waals surface area contributed by atoms with Crippen LogP contribution < -0.4 is 4.74 Å². The Bertz CT molecular complexity index is 816. The van der Waals surface area contributed by atoms with Crippen molar-refractivity contribution >= 4 is 32.9 Å². The Labute approximate surface area is 131 Å². The maximum Gasteiger partial charge on any atom is 0.158 e. The van der Waals surface area contributed by atoms with Gasteiger partial charge in [-0.2, -0.15) is 0 Å². The molecule has 1 atom stereocenters. The highest BCUT2D eigenvalue weighted by Gasteiger charge is 2.37. The second-order valence-corrected chi connectivity index (χ2v) is 6.10. The molecule has 0 fully saturated rings. The number of methoxy groups -OCH3 is 1. The number of rotatable bonds is 1. The van der Waals surface area contributed by atoms with Gasteiger partial charge in [-0.3, -0.25) is 0 Å². The highest BCUT2D eigenvalue weighted by atomic mass is 79.9. The van der Waals surface area contributed by atoms with Gasteiger partial charge < -0.3 is 14.5 Å². The molecular formula is C17H14BrNO2. The van der Waals surface area contributed by atoms with Gasteiger partial charge in [-0.1, -0.05) is 12.2 Å². The molecule has 0 radical (unpaired) electrons. The first-order chi connectivity index (χ1) is 10.2. The maximum absolute atomic E-state index is 6.02. The summed E-state index contributed by atoms with van der Waals surface area (Å²) in [7, 11) is 1.68. The van der Waals surface area contributed by atoms with E-state index in [0.717, 1.165) is 33.2 Å². The van der Waals surface area contributed by atoms with E-state index in [-0.39, 0.29) is 0 Å². The van der Waals surface area contributed by atoms with Crippen molar-refractivity contribution in [2.75, 3.05) is 7.11 Å². The number of aromatic amines is 1. The number of fused-ring (bicyclic) bond motifs is 4. The van der Waals surface area contributed by atoms with Crippen molar-refractivity contribution in [1.29, 1.82) is 0 Å². The summed E-state index contributed by atoms with van der Waals surface area (Å²) in [5, 5.41) is 1.13. The summed E-state index contributed by atoms with van der Waals surface area (Å²) in [5.74, 6) is 0.830. The van der Waals surface area contributed by atoms with Crippen LogP contribution in [0.5, 0.6) is 5.75 Å². The predicted octanol–water partition coefficient (Wildman–Crippen LogP) is 4.65. The number of allylic oxidation sites excluding steroid dienone is 2. The molecule has 1 N–H and O–H groups in total. The number of benzene rings is 1.